The van der Waals surface area contributed by atoms with Gasteiger partial charge < -0.3 is 5.32 Å². The Hall–Kier alpha value is -0.510. The lowest BCUT2D eigenvalue weighted by atomic mass is 9.95. The summed E-state index contributed by atoms with van der Waals surface area (Å²) in [5, 5.41) is 3.74. The highest BCUT2D eigenvalue weighted by Crippen LogP contribution is 2.23. The molecule has 0 amide bonds. The van der Waals surface area contributed by atoms with Gasteiger partial charge in [0.25, 0.3) is 0 Å². The second-order valence-electron chi connectivity index (χ2n) is 6.02. The Kier molecular flexibility index (Phi) is 6.40. The summed E-state index contributed by atoms with van der Waals surface area (Å²) >= 11 is 1.95. The molecule has 0 spiro atoms. The first kappa shape index (κ1) is 15.9. The van der Waals surface area contributed by atoms with Crippen LogP contribution in [0.1, 0.15) is 31.9 Å². The van der Waals surface area contributed by atoms with Gasteiger partial charge in [-0.2, -0.15) is 11.8 Å². The van der Waals surface area contributed by atoms with E-state index in [1.165, 1.54) is 24.3 Å². The highest BCUT2D eigenvalue weighted by atomic mass is 32.2. The molecule has 1 aromatic carbocycles. The SMILES string of the molecule is CSCCCN1CC(c2ccccc2)NCC1C(C)C. The molecule has 112 valence electrons. The normalized spacial score (nSPS) is 24.2. The van der Waals surface area contributed by atoms with Crippen molar-refractivity contribution in [3.8, 4) is 0 Å². The molecule has 1 aliphatic rings. The topological polar surface area (TPSA) is 15.3 Å². The maximum absolute atomic E-state index is 3.74. The molecule has 1 saturated heterocycles. The highest BCUT2D eigenvalue weighted by Gasteiger charge is 2.29. The first-order chi connectivity index (χ1) is 9.72. The fourth-order valence-corrected chi connectivity index (χ4v) is 3.48. The van der Waals surface area contributed by atoms with Gasteiger partial charge in [-0.3, -0.25) is 4.90 Å². The molecule has 2 unspecified atom stereocenters. The number of rotatable bonds is 6. The molecule has 0 aliphatic carbocycles. The molecule has 1 aliphatic heterocycles. The van der Waals surface area contributed by atoms with Crippen LogP contribution in [0.25, 0.3) is 0 Å². The van der Waals surface area contributed by atoms with Crippen molar-refractivity contribution in [1.29, 1.82) is 0 Å². The summed E-state index contributed by atoms with van der Waals surface area (Å²) < 4.78 is 0. The molecule has 0 saturated carbocycles. The lowest BCUT2D eigenvalue weighted by Gasteiger charge is -2.42. The van der Waals surface area contributed by atoms with Crippen LogP contribution in [0, 0.1) is 5.92 Å². The van der Waals surface area contributed by atoms with Crippen molar-refractivity contribution in [2.75, 3.05) is 31.6 Å². The molecule has 2 rings (SSSR count). The monoisotopic (exact) mass is 292 g/mol. The van der Waals surface area contributed by atoms with Gasteiger partial charge in [-0.15, -0.1) is 0 Å². The van der Waals surface area contributed by atoms with Gasteiger partial charge in [-0.05, 0) is 36.5 Å². The minimum absolute atomic E-state index is 0.487. The van der Waals surface area contributed by atoms with Crippen LogP contribution in [0.4, 0.5) is 0 Å². The predicted molar refractivity (Wildman–Crippen MR) is 90.4 cm³/mol. The van der Waals surface area contributed by atoms with E-state index in [4.69, 9.17) is 0 Å². The summed E-state index contributed by atoms with van der Waals surface area (Å²) in [7, 11) is 0. The van der Waals surface area contributed by atoms with Crippen molar-refractivity contribution in [2.24, 2.45) is 5.92 Å². The summed E-state index contributed by atoms with van der Waals surface area (Å²) in [6, 6.07) is 12.0. The molecule has 0 radical (unpaired) electrons. The van der Waals surface area contributed by atoms with Gasteiger partial charge in [-0.1, -0.05) is 44.2 Å². The Balaban J connectivity index is 1.99. The maximum Gasteiger partial charge on any atom is 0.0449 e. The van der Waals surface area contributed by atoms with Gasteiger partial charge in [0, 0.05) is 25.2 Å². The zero-order valence-electron chi connectivity index (χ0n) is 13.0. The Bertz CT molecular complexity index is 380. The number of benzene rings is 1. The lowest BCUT2D eigenvalue weighted by molar-refractivity contribution is 0.0989. The number of nitrogens with zero attached hydrogens (tertiary/aromatic N) is 1. The highest BCUT2D eigenvalue weighted by molar-refractivity contribution is 7.98. The van der Waals surface area contributed by atoms with Crippen LogP contribution in [0.2, 0.25) is 0 Å². The molecular formula is C17H28N2S. The van der Waals surface area contributed by atoms with Gasteiger partial charge in [0.15, 0.2) is 0 Å². The Morgan fingerprint density at radius 2 is 2.05 bits per heavy atom. The smallest absolute Gasteiger partial charge is 0.0449 e. The van der Waals surface area contributed by atoms with Crippen LogP contribution >= 0.6 is 11.8 Å². The minimum Gasteiger partial charge on any atom is -0.307 e. The van der Waals surface area contributed by atoms with E-state index in [1.807, 2.05) is 11.8 Å². The van der Waals surface area contributed by atoms with E-state index in [1.54, 1.807) is 0 Å². The third-order valence-corrected chi connectivity index (χ3v) is 4.92. The Labute approximate surface area is 128 Å². The van der Waals surface area contributed by atoms with Crippen LogP contribution in [0.5, 0.6) is 0 Å². The van der Waals surface area contributed by atoms with E-state index in [0.717, 1.165) is 13.1 Å². The molecule has 20 heavy (non-hydrogen) atoms. The summed E-state index contributed by atoms with van der Waals surface area (Å²) in [4.78, 5) is 2.70. The van der Waals surface area contributed by atoms with E-state index < -0.39 is 0 Å². The number of piperazine rings is 1. The number of thioether (sulfide) groups is 1. The third kappa shape index (κ3) is 4.24. The van der Waals surface area contributed by atoms with Gasteiger partial charge in [0.05, 0.1) is 0 Å². The van der Waals surface area contributed by atoms with Crippen LogP contribution < -0.4 is 5.32 Å². The third-order valence-electron chi connectivity index (χ3n) is 4.22. The van der Waals surface area contributed by atoms with Crippen LogP contribution in [-0.4, -0.2) is 42.6 Å². The average Bonchev–Trinajstić information content (AvgIpc) is 2.48. The fourth-order valence-electron chi connectivity index (χ4n) is 3.06. The molecule has 2 atom stereocenters. The zero-order chi connectivity index (χ0) is 14.4. The minimum atomic E-state index is 0.487. The summed E-state index contributed by atoms with van der Waals surface area (Å²) in [5.74, 6) is 1.98. The molecule has 0 bridgehead atoms. The average molecular weight is 292 g/mol. The van der Waals surface area contributed by atoms with Crippen molar-refractivity contribution >= 4 is 11.8 Å². The van der Waals surface area contributed by atoms with Crippen molar-refractivity contribution in [3.63, 3.8) is 0 Å². The van der Waals surface area contributed by atoms with E-state index in [0.29, 0.717) is 18.0 Å². The van der Waals surface area contributed by atoms with E-state index >= 15 is 0 Å². The molecule has 1 N–H and O–H groups in total. The van der Waals surface area contributed by atoms with Crippen molar-refractivity contribution < 1.29 is 0 Å². The summed E-state index contributed by atoms with van der Waals surface area (Å²) in [6.45, 7) is 8.17. The molecule has 1 fully saturated rings. The maximum atomic E-state index is 3.74. The Morgan fingerprint density at radius 1 is 1.30 bits per heavy atom. The van der Waals surface area contributed by atoms with Gasteiger partial charge in [-0.25, -0.2) is 0 Å². The standard InChI is InChI=1S/C17H28N2S/c1-14(2)17-12-18-16(15-8-5-4-6-9-15)13-19(17)10-7-11-20-3/h4-6,8-9,14,16-18H,7,10-13H2,1-3H3. The zero-order valence-corrected chi connectivity index (χ0v) is 13.8. The van der Waals surface area contributed by atoms with Crippen LogP contribution in [0.3, 0.4) is 0 Å². The number of hydrogen-bond donors (Lipinski definition) is 1. The number of nitrogens with one attached hydrogen (secondary N) is 1. The molecule has 2 nitrogen and oxygen atoms in total. The number of hydrogen-bond acceptors (Lipinski definition) is 3. The molecular weight excluding hydrogens is 264 g/mol. The van der Waals surface area contributed by atoms with Crippen molar-refractivity contribution in [3.05, 3.63) is 35.9 Å². The van der Waals surface area contributed by atoms with E-state index in [2.05, 4.69) is 60.7 Å². The Morgan fingerprint density at radius 3 is 2.70 bits per heavy atom. The summed E-state index contributed by atoms with van der Waals surface area (Å²) in [5.41, 5.74) is 1.42. The lowest BCUT2D eigenvalue weighted by Crippen LogP contribution is -2.55. The van der Waals surface area contributed by atoms with Crippen molar-refractivity contribution in [2.45, 2.75) is 32.4 Å². The molecule has 1 aromatic rings. The first-order valence-corrected chi connectivity index (χ1v) is 9.13. The second-order valence-corrected chi connectivity index (χ2v) is 7.01. The van der Waals surface area contributed by atoms with E-state index in [9.17, 15) is 0 Å². The van der Waals surface area contributed by atoms with Crippen LogP contribution in [-0.2, 0) is 0 Å². The van der Waals surface area contributed by atoms with Gasteiger partial charge >= 0.3 is 0 Å². The quantitative estimate of drug-likeness (QED) is 0.809. The van der Waals surface area contributed by atoms with E-state index in [-0.39, 0.29) is 0 Å². The largest absolute Gasteiger partial charge is 0.307 e. The van der Waals surface area contributed by atoms with Gasteiger partial charge in [0.1, 0.15) is 0 Å². The fraction of sp³-hybridized carbons (Fsp3) is 0.647. The molecule has 1 heterocycles. The second kappa shape index (κ2) is 8.06. The van der Waals surface area contributed by atoms with Gasteiger partial charge in [0.2, 0.25) is 0 Å². The first-order valence-electron chi connectivity index (χ1n) is 7.73. The molecule has 3 heteroatoms. The predicted octanol–water partition coefficient (Wildman–Crippen LogP) is 3.41. The summed E-state index contributed by atoms with van der Waals surface area (Å²) in [6.07, 6.45) is 3.50. The van der Waals surface area contributed by atoms with Crippen LogP contribution in [0.15, 0.2) is 30.3 Å². The van der Waals surface area contributed by atoms with Crippen molar-refractivity contribution in [1.82, 2.24) is 10.2 Å². The molecule has 0 aromatic heterocycles.